The van der Waals surface area contributed by atoms with Crippen molar-refractivity contribution in [3.8, 4) is 0 Å². The zero-order valence-electron chi connectivity index (χ0n) is 19.3. The van der Waals surface area contributed by atoms with E-state index in [1.54, 1.807) is 34.7 Å². The van der Waals surface area contributed by atoms with Gasteiger partial charge in [0, 0.05) is 11.1 Å². The van der Waals surface area contributed by atoms with Gasteiger partial charge < -0.3 is 14.8 Å². The van der Waals surface area contributed by atoms with Gasteiger partial charge in [0.05, 0.1) is 42.1 Å². The lowest BCUT2D eigenvalue weighted by molar-refractivity contribution is 0.0587. The lowest BCUT2D eigenvalue weighted by Crippen LogP contribution is -2.10. The summed E-state index contributed by atoms with van der Waals surface area (Å²) in [7, 11) is 2.53. The van der Waals surface area contributed by atoms with Crippen LogP contribution in [0.2, 0.25) is 0 Å². The van der Waals surface area contributed by atoms with Crippen molar-refractivity contribution in [1.29, 1.82) is 0 Å². The van der Waals surface area contributed by atoms with Gasteiger partial charge in [0.25, 0.3) is 0 Å². The van der Waals surface area contributed by atoms with Gasteiger partial charge in [-0.25, -0.2) is 14.6 Å². The van der Waals surface area contributed by atoms with Gasteiger partial charge >= 0.3 is 11.9 Å². The maximum atomic E-state index is 13.0. The van der Waals surface area contributed by atoms with Crippen molar-refractivity contribution in [2.75, 3.05) is 19.5 Å². The predicted octanol–water partition coefficient (Wildman–Crippen LogP) is 3.83. The van der Waals surface area contributed by atoms with Crippen LogP contribution in [0.15, 0.2) is 73.1 Å². The zero-order valence-corrected chi connectivity index (χ0v) is 19.3. The quantitative estimate of drug-likeness (QED) is 0.284. The lowest BCUT2D eigenvalue weighted by Gasteiger charge is -2.13. The van der Waals surface area contributed by atoms with E-state index in [2.05, 4.69) is 20.5 Å². The van der Waals surface area contributed by atoms with Gasteiger partial charge in [-0.05, 0) is 36.4 Å². The molecule has 0 aliphatic carbocycles. The van der Waals surface area contributed by atoms with Gasteiger partial charge in [-0.2, -0.15) is 0 Å². The van der Waals surface area contributed by atoms with Crippen LogP contribution in [0.4, 0.5) is 11.5 Å². The van der Waals surface area contributed by atoms with Gasteiger partial charge in [0.15, 0.2) is 11.6 Å². The summed E-state index contributed by atoms with van der Waals surface area (Å²) in [5.41, 5.74) is 3.29. The van der Waals surface area contributed by atoms with Gasteiger partial charge in [-0.1, -0.05) is 30.3 Å². The molecule has 5 rings (SSSR count). The number of fused-ring (bicyclic) bond motifs is 3. The van der Waals surface area contributed by atoms with E-state index in [1.165, 1.54) is 38.7 Å². The van der Waals surface area contributed by atoms with Gasteiger partial charge in [-0.15, -0.1) is 10.2 Å². The highest BCUT2D eigenvalue weighted by Crippen LogP contribution is 2.28. The number of esters is 2. The van der Waals surface area contributed by atoms with E-state index in [-0.39, 0.29) is 28.4 Å². The number of anilines is 2. The molecule has 0 saturated heterocycles. The molecule has 3 aromatic carbocycles. The molecule has 0 unspecified atom stereocenters. The fourth-order valence-electron chi connectivity index (χ4n) is 3.84. The second-order valence-electron chi connectivity index (χ2n) is 7.75. The average Bonchev–Trinajstić information content (AvgIpc) is 3.43. The number of nitrogens with one attached hydrogen (secondary N) is 1. The van der Waals surface area contributed by atoms with E-state index in [1.807, 2.05) is 18.2 Å². The topological polar surface area (TPSA) is 125 Å². The molecule has 0 aliphatic heterocycles. The number of ketones is 1. The molecule has 0 fully saturated rings. The Bertz CT molecular complexity index is 1650. The lowest BCUT2D eigenvalue weighted by atomic mass is 10.0. The van der Waals surface area contributed by atoms with Crippen molar-refractivity contribution in [2.24, 2.45) is 0 Å². The fourth-order valence-corrected chi connectivity index (χ4v) is 3.84. The van der Waals surface area contributed by atoms with Crippen molar-refractivity contribution in [1.82, 2.24) is 19.6 Å². The van der Waals surface area contributed by atoms with Crippen molar-refractivity contribution in [3.63, 3.8) is 0 Å². The molecule has 178 valence electrons. The van der Waals surface area contributed by atoms with Crippen LogP contribution in [0, 0.1) is 0 Å². The molecule has 0 radical (unpaired) electrons. The fraction of sp³-hybridized carbons (Fsp3) is 0.0769. The van der Waals surface area contributed by atoms with Crippen LogP contribution in [-0.2, 0) is 9.47 Å². The van der Waals surface area contributed by atoms with Gasteiger partial charge in [0.2, 0.25) is 5.65 Å². The van der Waals surface area contributed by atoms with E-state index >= 15 is 0 Å². The van der Waals surface area contributed by atoms with Crippen molar-refractivity contribution < 1.29 is 23.9 Å². The summed E-state index contributed by atoms with van der Waals surface area (Å²) < 4.78 is 11.4. The summed E-state index contributed by atoms with van der Waals surface area (Å²) in [6, 6.07) is 18.5. The molecule has 0 saturated carbocycles. The molecule has 36 heavy (non-hydrogen) atoms. The first-order chi connectivity index (χ1) is 17.5. The molecular formula is C26H19N5O5. The molecule has 0 amide bonds. The van der Waals surface area contributed by atoms with Crippen LogP contribution in [0.5, 0.6) is 0 Å². The van der Waals surface area contributed by atoms with Crippen molar-refractivity contribution in [3.05, 3.63) is 95.3 Å². The van der Waals surface area contributed by atoms with Crippen LogP contribution < -0.4 is 5.32 Å². The summed E-state index contributed by atoms with van der Waals surface area (Å²) in [5.74, 6) is -1.00. The second-order valence-corrected chi connectivity index (χ2v) is 7.75. The first kappa shape index (κ1) is 22.7. The smallest absolute Gasteiger partial charge is 0.339 e. The van der Waals surface area contributed by atoms with E-state index in [0.717, 1.165) is 0 Å². The Morgan fingerprint density at radius 1 is 0.833 bits per heavy atom. The SMILES string of the molecule is COC(=O)c1ccc(C(=O)OC)c(Nc2nc3ccc(C(=O)c4ccccc4)cc3n3cnnc23)c1. The third kappa shape index (κ3) is 4.00. The number of rotatable bonds is 6. The molecule has 2 aromatic heterocycles. The van der Waals surface area contributed by atoms with E-state index in [0.29, 0.717) is 27.8 Å². The zero-order chi connectivity index (χ0) is 25.2. The molecule has 2 heterocycles. The van der Waals surface area contributed by atoms with Gasteiger partial charge in [0.1, 0.15) is 6.33 Å². The Balaban J connectivity index is 1.61. The van der Waals surface area contributed by atoms with E-state index in [4.69, 9.17) is 9.47 Å². The first-order valence-corrected chi connectivity index (χ1v) is 10.8. The third-order valence-corrected chi connectivity index (χ3v) is 5.62. The molecule has 5 aromatic rings. The van der Waals surface area contributed by atoms with E-state index in [9.17, 15) is 14.4 Å². The number of ether oxygens (including phenoxy) is 2. The highest BCUT2D eigenvalue weighted by atomic mass is 16.5. The van der Waals surface area contributed by atoms with Crippen LogP contribution >= 0.6 is 0 Å². The van der Waals surface area contributed by atoms with Crippen molar-refractivity contribution in [2.45, 2.75) is 0 Å². The number of nitrogens with zero attached hydrogens (tertiary/aromatic N) is 4. The predicted molar refractivity (Wildman–Crippen MR) is 131 cm³/mol. The molecule has 1 N–H and O–H groups in total. The Morgan fingerprint density at radius 3 is 2.33 bits per heavy atom. The summed E-state index contributed by atoms with van der Waals surface area (Å²) in [6.07, 6.45) is 1.51. The minimum absolute atomic E-state index is 0.122. The Morgan fingerprint density at radius 2 is 1.58 bits per heavy atom. The van der Waals surface area contributed by atoms with Crippen LogP contribution in [0.1, 0.15) is 36.6 Å². The summed E-state index contributed by atoms with van der Waals surface area (Å²) in [4.78, 5) is 42.0. The summed E-state index contributed by atoms with van der Waals surface area (Å²) in [6.45, 7) is 0. The molecule has 10 heteroatoms. The number of methoxy groups -OCH3 is 2. The number of benzene rings is 3. The maximum absolute atomic E-state index is 13.0. The molecular weight excluding hydrogens is 462 g/mol. The van der Waals surface area contributed by atoms with Crippen LogP contribution in [0.25, 0.3) is 16.7 Å². The second kappa shape index (κ2) is 9.26. The maximum Gasteiger partial charge on any atom is 0.339 e. The molecule has 0 bridgehead atoms. The Labute approximate surface area is 204 Å². The normalized spacial score (nSPS) is 10.8. The highest BCUT2D eigenvalue weighted by molar-refractivity contribution is 6.10. The molecule has 0 aliphatic rings. The average molecular weight is 481 g/mol. The molecule has 0 atom stereocenters. The monoisotopic (exact) mass is 481 g/mol. The molecule has 10 nitrogen and oxygen atoms in total. The third-order valence-electron chi connectivity index (χ3n) is 5.62. The largest absolute Gasteiger partial charge is 0.465 e. The Hall–Kier alpha value is -5.12. The summed E-state index contributed by atoms with van der Waals surface area (Å²) in [5, 5.41) is 11.2. The van der Waals surface area contributed by atoms with Crippen LogP contribution in [0.3, 0.4) is 0 Å². The number of carbonyl (C=O) groups excluding carboxylic acids is 3. The number of carbonyl (C=O) groups is 3. The van der Waals surface area contributed by atoms with Crippen molar-refractivity contribution >= 4 is 45.9 Å². The van der Waals surface area contributed by atoms with Crippen LogP contribution in [-0.4, -0.2) is 51.5 Å². The number of hydrogen-bond donors (Lipinski definition) is 1. The number of hydrogen-bond acceptors (Lipinski definition) is 9. The standard InChI is InChI=1S/C26H19N5O5/c1-35-25(33)17-8-10-18(26(34)36-2)20(12-17)29-23-24-30-27-14-31(24)21-13-16(9-11-19(21)28-23)22(32)15-6-4-3-5-7-15/h3-14H,1-2H3,(H,28,29). The summed E-state index contributed by atoms with van der Waals surface area (Å²) >= 11 is 0. The minimum atomic E-state index is -0.601. The van der Waals surface area contributed by atoms with E-state index < -0.39 is 11.9 Å². The first-order valence-electron chi connectivity index (χ1n) is 10.8. The number of aromatic nitrogens is 4. The van der Waals surface area contributed by atoms with Gasteiger partial charge in [-0.3, -0.25) is 9.20 Å². The molecule has 0 spiro atoms. The Kier molecular flexibility index (Phi) is 5.83. The highest BCUT2D eigenvalue weighted by Gasteiger charge is 2.19. The minimum Gasteiger partial charge on any atom is -0.465 e.